The fraction of sp³-hybridized carbons (Fsp3) is 0.400. The molecule has 0 saturated carbocycles. The van der Waals surface area contributed by atoms with E-state index in [-0.39, 0.29) is 30.1 Å². The van der Waals surface area contributed by atoms with Gasteiger partial charge in [0, 0.05) is 25.2 Å². The zero-order valence-corrected chi connectivity index (χ0v) is 15.9. The zero-order chi connectivity index (χ0) is 19.5. The van der Waals surface area contributed by atoms with E-state index in [0.29, 0.717) is 12.4 Å². The van der Waals surface area contributed by atoms with Crippen LogP contribution < -0.4 is 10.6 Å². The van der Waals surface area contributed by atoms with Crippen LogP contribution in [0.25, 0.3) is 5.65 Å². The smallest absolute Gasteiger partial charge is 0.315 e. The number of carbonyl (C=O) groups is 1. The lowest BCUT2D eigenvalue weighted by Gasteiger charge is -2.24. The highest BCUT2D eigenvalue weighted by Crippen LogP contribution is 2.29. The van der Waals surface area contributed by atoms with Gasteiger partial charge in [0.1, 0.15) is 6.10 Å². The van der Waals surface area contributed by atoms with Crippen molar-refractivity contribution < 1.29 is 9.53 Å². The number of rotatable bonds is 5. The van der Waals surface area contributed by atoms with Crippen molar-refractivity contribution >= 4 is 11.7 Å². The van der Waals surface area contributed by atoms with Crippen LogP contribution >= 0.6 is 0 Å². The van der Waals surface area contributed by atoms with Gasteiger partial charge in [0.25, 0.3) is 0 Å². The van der Waals surface area contributed by atoms with Gasteiger partial charge in [-0.15, -0.1) is 10.2 Å². The average Bonchev–Trinajstić information content (AvgIpc) is 3.33. The lowest BCUT2D eigenvalue weighted by atomic mass is 10.0. The molecule has 2 amide bonds. The topological polar surface area (TPSA) is 93.4 Å². The summed E-state index contributed by atoms with van der Waals surface area (Å²) in [5.41, 5.74) is 1.77. The van der Waals surface area contributed by atoms with Crippen molar-refractivity contribution in [3.63, 3.8) is 0 Å². The SMILES string of the molecule is CC(C)C(NC(=O)N[C@@H]1CCO[C@H]1c1ccncc1)c1nnc2ccccn12. The Balaban J connectivity index is 1.48. The molecule has 4 rings (SSSR count). The Bertz CT molecular complexity index is 942. The number of hydrogen-bond acceptors (Lipinski definition) is 5. The van der Waals surface area contributed by atoms with Gasteiger partial charge in [0.15, 0.2) is 11.5 Å². The number of ether oxygens (including phenoxy) is 1. The van der Waals surface area contributed by atoms with Crippen molar-refractivity contribution in [3.05, 3.63) is 60.3 Å². The highest BCUT2D eigenvalue weighted by atomic mass is 16.5. The first-order valence-electron chi connectivity index (χ1n) is 9.51. The molecule has 0 spiro atoms. The third-order valence-corrected chi connectivity index (χ3v) is 5.01. The Morgan fingerprint density at radius 2 is 2.04 bits per heavy atom. The van der Waals surface area contributed by atoms with Crippen LogP contribution in [0.2, 0.25) is 0 Å². The molecule has 0 aromatic carbocycles. The molecule has 0 aliphatic carbocycles. The van der Waals surface area contributed by atoms with Crippen LogP contribution in [0.4, 0.5) is 4.79 Å². The predicted molar refractivity (Wildman–Crippen MR) is 104 cm³/mol. The molecule has 146 valence electrons. The first-order chi connectivity index (χ1) is 13.6. The fourth-order valence-electron chi connectivity index (χ4n) is 3.57. The first kappa shape index (κ1) is 18.4. The molecule has 8 heteroatoms. The number of nitrogens with one attached hydrogen (secondary N) is 2. The van der Waals surface area contributed by atoms with Gasteiger partial charge in [0.05, 0.1) is 12.1 Å². The molecular formula is C20H24N6O2. The maximum atomic E-state index is 12.8. The van der Waals surface area contributed by atoms with Crippen LogP contribution in [0.1, 0.15) is 43.8 Å². The minimum absolute atomic E-state index is 0.0923. The Morgan fingerprint density at radius 3 is 2.82 bits per heavy atom. The van der Waals surface area contributed by atoms with E-state index in [2.05, 4.69) is 25.8 Å². The second kappa shape index (κ2) is 7.93. The quantitative estimate of drug-likeness (QED) is 0.710. The van der Waals surface area contributed by atoms with E-state index in [1.807, 2.05) is 54.8 Å². The molecule has 2 N–H and O–H groups in total. The van der Waals surface area contributed by atoms with Gasteiger partial charge >= 0.3 is 6.03 Å². The molecular weight excluding hydrogens is 356 g/mol. The summed E-state index contributed by atoms with van der Waals surface area (Å²) in [7, 11) is 0. The Labute approximate surface area is 163 Å². The van der Waals surface area contributed by atoms with E-state index in [4.69, 9.17) is 4.74 Å². The zero-order valence-electron chi connectivity index (χ0n) is 15.9. The number of carbonyl (C=O) groups excluding carboxylic acids is 1. The second-order valence-electron chi connectivity index (χ2n) is 7.29. The van der Waals surface area contributed by atoms with E-state index in [1.165, 1.54) is 0 Å². The number of aromatic nitrogens is 4. The highest BCUT2D eigenvalue weighted by molar-refractivity contribution is 5.75. The largest absolute Gasteiger partial charge is 0.371 e. The molecule has 0 radical (unpaired) electrons. The van der Waals surface area contributed by atoms with Crippen LogP contribution in [0, 0.1) is 5.92 Å². The molecule has 1 aliphatic heterocycles. The number of fused-ring (bicyclic) bond motifs is 1. The molecule has 8 nitrogen and oxygen atoms in total. The van der Waals surface area contributed by atoms with E-state index in [9.17, 15) is 4.79 Å². The van der Waals surface area contributed by atoms with Crippen molar-refractivity contribution in [1.82, 2.24) is 30.2 Å². The standard InChI is InChI=1S/C20H24N6O2/c1-13(2)17(19-25-24-16-5-3-4-11-26(16)19)23-20(27)22-15-8-12-28-18(15)14-6-9-21-10-7-14/h3-7,9-11,13,15,17-18H,8,12H2,1-2H3,(H2,22,23,27)/t15-,17?,18+/m1/s1. The summed E-state index contributed by atoms with van der Waals surface area (Å²) in [6.45, 7) is 4.71. The number of hydrogen-bond donors (Lipinski definition) is 2. The summed E-state index contributed by atoms with van der Waals surface area (Å²) in [6.07, 6.45) is 5.98. The summed E-state index contributed by atoms with van der Waals surface area (Å²) in [4.78, 5) is 16.8. The van der Waals surface area contributed by atoms with Crippen molar-refractivity contribution in [3.8, 4) is 0 Å². The summed E-state index contributed by atoms with van der Waals surface area (Å²) in [6, 6.07) is 8.97. The van der Waals surface area contributed by atoms with E-state index in [0.717, 1.165) is 17.6 Å². The van der Waals surface area contributed by atoms with Gasteiger partial charge in [-0.3, -0.25) is 9.38 Å². The number of nitrogens with zero attached hydrogens (tertiary/aromatic N) is 4. The highest BCUT2D eigenvalue weighted by Gasteiger charge is 2.32. The second-order valence-corrected chi connectivity index (χ2v) is 7.29. The Morgan fingerprint density at radius 1 is 1.21 bits per heavy atom. The van der Waals surface area contributed by atoms with Crippen LogP contribution in [0.15, 0.2) is 48.9 Å². The van der Waals surface area contributed by atoms with Crippen molar-refractivity contribution in [1.29, 1.82) is 0 Å². The molecule has 28 heavy (non-hydrogen) atoms. The van der Waals surface area contributed by atoms with Crippen LogP contribution in [-0.4, -0.2) is 38.3 Å². The molecule has 3 atom stereocenters. The number of amides is 2. The van der Waals surface area contributed by atoms with Crippen molar-refractivity contribution in [2.24, 2.45) is 5.92 Å². The lowest BCUT2D eigenvalue weighted by Crippen LogP contribution is -2.45. The summed E-state index contributed by atoms with van der Waals surface area (Å²) >= 11 is 0. The van der Waals surface area contributed by atoms with Gasteiger partial charge in [0.2, 0.25) is 0 Å². The van der Waals surface area contributed by atoms with Crippen LogP contribution in [0.3, 0.4) is 0 Å². The lowest BCUT2D eigenvalue weighted by molar-refractivity contribution is 0.0996. The van der Waals surface area contributed by atoms with E-state index in [1.54, 1.807) is 12.4 Å². The Kier molecular flexibility index (Phi) is 5.21. The van der Waals surface area contributed by atoms with Gasteiger partial charge in [-0.25, -0.2) is 4.79 Å². The third kappa shape index (κ3) is 3.68. The minimum Gasteiger partial charge on any atom is -0.371 e. The summed E-state index contributed by atoms with van der Waals surface area (Å²) in [5, 5.41) is 14.6. The van der Waals surface area contributed by atoms with E-state index >= 15 is 0 Å². The number of urea groups is 1. The summed E-state index contributed by atoms with van der Waals surface area (Å²) in [5.74, 6) is 0.864. The maximum Gasteiger partial charge on any atom is 0.315 e. The molecule has 1 unspecified atom stereocenters. The normalized spacial score (nSPS) is 20.4. The predicted octanol–water partition coefficient (Wildman–Crippen LogP) is 2.65. The number of pyridine rings is 2. The van der Waals surface area contributed by atoms with Crippen molar-refractivity contribution in [2.45, 2.75) is 38.5 Å². The van der Waals surface area contributed by atoms with Crippen LogP contribution in [-0.2, 0) is 4.74 Å². The van der Waals surface area contributed by atoms with Crippen molar-refractivity contribution in [2.75, 3.05) is 6.61 Å². The third-order valence-electron chi connectivity index (χ3n) is 5.01. The molecule has 0 bridgehead atoms. The first-order valence-corrected chi connectivity index (χ1v) is 9.51. The minimum atomic E-state index is -0.265. The summed E-state index contributed by atoms with van der Waals surface area (Å²) < 4.78 is 7.74. The fourth-order valence-corrected chi connectivity index (χ4v) is 3.57. The Hall–Kier alpha value is -3.00. The monoisotopic (exact) mass is 380 g/mol. The van der Waals surface area contributed by atoms with Gasteiger partial charge in [-0.2, -0.15) is 0 Å². The van der Waals surface area contributed by atoms with Gasteiger partial charge < -0.3 is 15.4 Å². The van der Waals surface area contributed by atoms with E-state index < -0.39 is 0 Å². The maximum absolute atomic E-state index is 12.8. The van der Waals surface area contributed by atoms with Gasteiger partial charge in [-0.1, -0.05) is 19.9 Å². The van der Waals surface area contributed by atoms with Crippen LogP contribution in [0.5, 0.6) is 0 Å². The molecule has 3 aromatic rings. The molecule has 3 aromatic heterocycles. The molecule has 1 aliphatic rings. The molecule has 4 heterocycles. The van der Waals surface area contributed by atoms with Gasteiger partial charge in [-0.05, 0) is 42.2 Å². The average molecular weight is 380 g/mol. The molecule has 1 saturated heterocycles. The molecule has 1 fully saturated rings.